The highest BCUT2D eigenvalue weighted by Gasteiger charge is 2.16. The minimum atomic E-state index is -3.56. The molecule has 0 unspecified atom stereocenters. The van der Waals surface area contributed by atoms with E-state index in [0.717, 1.165) is 19.4 Å². The minimum absolute atomic E-state index is 0.186. The van der Waals surface area contributed by atoms with Crippen molar-refractivity contribution in [1.29, 1.82) is 5.26 Å². The van der Waals surface area contributed by atoms with E-state index in [1.54, 1.807) is 19.1 Å². The van der Waals surface area contributed by atoms with Gasteiger partial charge in [-0.05, 0) is 64.9 Å². The summed E-state index contributed by atoms with van der Waals surface area (Å²) in [6.45, 7) is 7.35. The van der Waals surface area contributed by atoms with Crippen molar-refractivity contribution in [2.45, 2.75) is 44.6 Å². The molecule has 0 bridgehead atoms. The summed E-state index contributed by atoms with van der Waals surface area (Å²) in [7, 11) is -1.49. The van der Waals surface area contributed by atoms with E-state index >= 15 is 0 Å². The van der Waals surface area contributed by atoms with Gasteiger partial charge in [-0.2, -0.15) is 5.26 Å². The average molecular weight is 323 g/mol. The lowest BCUT2D eigenvalue weighted by Crippen LogP contribution is -2.29. The molecule has 5 nitrogen and oxygen atoms in total. The van der Waals surface area contributed by atoms with Crippen LogP contribution in [0.5, 0.6) is 0 Å². The van der Waals surface area contributed by atoms with Crippen LogP contribution in [0.3, 0.4) is 0 Å². The lowest BCUT2D eigenvalue weighted by molar-refractivity contribution is 0.268. The normalized spacial score (nSPS) is 11.9. The SMILES string of the molecule is Cc1ccc(C#N)cc1S(=O)(=O)NCCCCN(C)C(C)C. The molecule has 1 rings (SSSR count). The largest absolute Gasteiger partial charge is 0.304 e. The van der Waals surface area contributed by atoms with Gasteiger partial charge in [0.2, 0.25) is 10.0 Å². The van der Waals surface area contributed by atoms with Gasteiger partial charge in [0.05, 0.1) is 16.5 Å². The van der Waals surface area contributed by atoms with Crippen LogP contribution >= 0.6 is 0 Å². The van der Waals surface area contributed by atoms with E-state index in [1.165, 1.54) is 6.07 Å². The van der Waals surface area contributed by atoms with Crippen molar-refractivity contribution in [3.8, 4) is 6.07 Å². The van der Waals surface area contributed by atoms with Crippen molar-refractivity contribution in [2.24, 2.45) is 0 Å². The zero-order valence-electron chi connectivity index (χ0n) is 13.8. The Kier molecular flexibility index (Phi) is 7.01. The first-order valence-corrected chi connectivity index (χ1v) is 8.97. The summed E-state index contributed by atoms with van der Waals surface area (Å²) in [5.74, 6) is 0. The molecule has 0 saturated heterocycles. The lowest BCUT2D eigenvalue weighted by atomic mass is 10.2. The molecule has 22 heavy (non-hydrogen) atoms. The number of nitrogens with zero attached hydrogens (tertiary/aromatic N) is 2. The third-order valence-electron chi connectivity index (χ3n) is 3.72. The number of rotatable bonds is 8. The highest BCUT2D eigenvalue weighted by molar-refractivity contribution is 7.89. The second kappa shape index (κ2) is 8.28. The molecule has 0 saturated carbocycles. The Morgan fingerprint density at radius 2 is 2.00 bits per heavy atom. The highest BCUT2D eigenvalue weighted by atomic mass is 32.2. The number of hydrogen-bond donors (Lipinski definition) is 1. The molecule has 1 aromatic carbocycles. The summed E-state index contributed by atoms with van der Waals surface area (Å²) < 4.78 is 27.2. The quantitative estimate of drug-likeness (QED) is 0.745. The number of benzene rings is 1. The van der Waals surface area contributed by atoms with Crippen LogP contribution in [-0.4, -0.2) is 39.5 Å². The Labute approximate surface area is 134 Å². The van der Waals surface area contributed by atoms with Gasteiger partial charge in [0.25, 0.3) is 0 Å². The molecular formula is C16H25N3O2S. The van der Waals surface area contributed by atoms with Crippen LogP contribution < -0.4 is 4.72 Å². The zero-order valence-corrected chi connectivity index (χ0v) is 14.6. The van der Waals surface area contributed by atoms with Crippen LogP contribution in [0.25, 0.3) is 0 Å². The van der Waals surface area contributed by atoms with E-state index in [9.17, 15) is 8.42 Å². The molecule has 122 valence electrons. The van der Waals surface area contributed by atoms with E-state index in [-0.39, 0.29) is 4.90 Å². The number of nitrogens with one attached hydrogen (secondary N) is 1. The van der Waals surface area contributed by atoms with E-state index in [2.05, 4.69) is 30.5 Å². The number of sulfonamides is 1. The maximum atomic E-state index is 12.3. The Morgan fingerprint density at radius 3 is 2.59 bits per heavy atom. The minimum Gasteiger partial charge on any atom is -0.304 e. The predicted octanol–water partition coefficient (Wildman–Crippen LogP) is 2.27. The second-order valence-corrected chi connectivity index (χ2v) is 7.51. The van der Waals surface area contributed by atoms with Crippen molar-refractivity contribution < 1.29 is 8.42 Å². The molecule has 1 aromatic rings. The van der Waals surface area contributed by atoms with Crippen molar-refractivity contribution in [2.75, 3.05) is 20.1 Å². The zero-order chi connectivity index (χ0) is 16.8. The van der Waals surface area contributed by atoms with E-state index in [1.807, 2.05) is 6.07 Å². The first-order chi connectivity index (χ1) is 10.3. The fourth-order valence-electron chi connectivity index (χ4n) is 1.99. The molecule has 0 aliphatic carbocycles. The van der Waals surface area contributed by atoms with Crippen molar-refractivity contribution in [1.82, 2.24) is 9.62 Å². The van der Waals surface area contributed by atoms with Crippen molar-refractivity contribution in [3.05, 3.63) is 29.3 Å². The molecule has 0 aromatic heterocycles. The molecule has 0 aliphatic rings. The monoisotopic (exact) mass is 323 g/mol. The van der Waals surface area contributed by atoms with Crippen LogP contribution in [0.15, 0.2) is 23.1 Å². The fourth-order valence-corrected chi connectivity index (χ4v) is 3.33. The molecule has 0 amide bonds. The summed E-state index contributed by atoms with van der Waals surface area (Å²) in [6, 6.07) is 7.16. The first kappa shape index (κ1) is 18.6. The third-order valence-corrected chi connectivity index (χ3v) is 5.32. The Balaban J connectivity index is 2.57. The van der Waals surface area contributed by atoms with Crippen LogP contribution in [0.4, 0.5) is 0 Å². The second-order valence-electron chi connectivity index (χ2n) is 5.77. The van der Waals surface area contributed by atoms with Gasteiger partial charge in [-0.25, -0.2) is 13.1 Å². The third kappa shape index (κ3) is 5.41. The topological polar surface area (TPSA) is 73.2 Å². The summed E-state index contributed by atoms with van der Waals surface area (Å²) in [6.07, 6.45) is 1.72. The van der Waals surface area contributed by atoms with Crippen molar-refractivity contribution in [3.63, 3.8) is 0 Å². The maximum Gasteiger partial charge on any atom is 0.240 e. The van der Waals surface area contributed by atoms with Crippen LogP contribution in [0.2, 0.25) is 0 Å². The van der Waals surface area contributed by atoms with Crippen LogP contribution in [0.1, 0.15) is 37.8 Å². The number of unbranched alkanes of at least 4 members (excludes halogenated alkanes) is 1. The molecule has 0 heterocycles. The Morgan fingerprint density at radius 1 is 1.32 bits per heavy atom. The standard InChI is InChI=1S/C16H25N3O2S/c1-13(2)19(4)10-6-5-9-18-22(20,21)16-11-15(12-17)8-7-14(16)3/h7-8,11,13,18H,5-6,9-10H2,1-4H3. The Hall–Kier alpha value is -1.42. The van der Waals surface area contributed by atoms with Gasteiger partial charge in [-0.15, -0.1) is 0 Å². The number of nitriles is 1. The van der Waals surface area contributed by atoms with Gasteiger partial charge in [0, 0.05) is 12.6 Å². The first-order valence-electron chi connectivity index (χ1n) is 7.48. The number of hydrogen-bond acceptors (Lipinski definition) is 4. The Bertz CT molecular complexity index is 633. The molecule has 0 fully saturated rings. The van der Waals surface area contributed by atoms with Crippen LogP contribution in [0, 0.1) is 18.3 Å². The molecule has 1 N–H and O–H groups in total. The van der Waals surface area contributed by atoms with Gasteiger partial charge in [-0.1, -0.05) is 6.07 Å². The summed E-state index contributed by atoms with van der Waals surface area (Å²) >= 11 is 0. The summed E-state index contributed by atoms with van der Waals surface area (Å²) in [4.78, 5) is 2.42. The molecular weight excluding hydrogens is 298 g/mol. The maximum absolute atomic E-state index is 12.3. The van der Waals surface area contributed by atoms with Gasteiger partial charge in [-0.3, -0.25) is 0 Å². The van der Waals surface area contributed by atoms with Gasteiger partial charge < -0.3 is 4.90 Å². The lowest BCUT2D eigenvalue weighted by Gasteiger charge is -2.20. The van der Waals surface area contributed by atoms with E-state index in [0.29, 0.717) is 23.7 Å². The number of aryl methyl sites for hydroxylation is 1. The van der Waals surface area contributed by atoms with E-state index in [4.69, 9.17) is 5.26 Å². The smallest absolute Gasteiger partial charge is 0.240 e. The average Bonchev–Trinajstić information content (AvgIpc) is 2.46. The highest BCUT2D eigenvalue weighted by Crippen LogP contribution is 2.16. The molecule has 0 radical (unpaired) electrons. The molecule has 0 aliphatic heterocycles. The fraction of sp³-hybridized carbons (Fsp3) is 0.562. The molecule has 0 spiro atoms. The molecule has 0 atom stereocenters. The van der Waals surface area contributed by atoms with Crippen LogP contribution in [-0.2, 0) is 10.0 Å². The van der Waals surface area contributed by atoms with Gasteiger partial charge >= 0.3 is 0 Å². The van der Waals surface area contributed by atoms with Crippen molar-refractivity contribution >= 4 is 10.0 Å². The summed E-state index contributed by atoms with van der Waals surface area (Å²) in [5, 5.41) is 8.89. The van der Waals surface area contributed by atoms with E-state index < -0.39 is 10.0 Å². The molecule has 6 heteroatoms. The summed E-state index contributed by atoms with van der Waals surface area (Å²) in [5.41, 5.74) is 0.996. The van der Waals surface area contributed by atoms with Gasteiger partial charge in [0.15, 0.2) is 0 Å². The predicted molar refractivity (Wildman–Crippen MR) is 88.1 cm³/mol. The van der Waals surface area contributed by atoms with Gasteiger partial charge in [0.1, 0.15) is 0 Å².